The molecule has 0 spiro atoms. The van der Waals surface area contributed by atoms with Crippen molar-refractivity contribution in [3.8, 4) is 16.9 Å². The normalized spacial score (nSPS) is 17.1. The highest BCUT2D eigenvalue weighted by molar-refractivity contribution is 6.00. The first-order chi connectivity index (χ1) is 14.7. The Bertz CT molecular complexity index is 1300. The van der Waals surface area contributed by atoms with Crippen molar-refractivity contribution in [2.45, 2.75) is 33.2 Å². The fraction of sp³-hybridized carbons (Fsp3) is 0.192. The summed E-state index contributed by atoms with van der Waals surface area (Å²) in [7, 11) is 0. The Morgan fingerprint density at radius 2 is 1.84 bits per heavy atom. The van der Waals surface area contributed by atoms with Crippen LogP contribution in [0.3, 0.4) is 0 Å². The molecule has 0 radical (unpaired) electrons. The Morgan fingerprint density at radius 1 is 1.03 bits per heavy atom. The van der Waals surface area contributed by atoms with E-state index in [2.05, 4.69) is 30.2 Å². The topological polar surface area (TPSA) is 34.2 Å². The molecule has 3 aromatic rings. The van der Waals surface area contributed by atoms with Crippen LogP contribution in [0, 0.1) is 18.6 Å². The number of ether oxygens (including phenoxy) is 1. The van der Waals surface area contributed by atoms with Crippen LogP contribution < -0.4 is 10.1 Å². The maximum atomic E-state index is 14.7. The summed E-state index contributed by atoms with van der Waals surface area (Å²) < 4.78 is 34.9. The van der Waals surface area contributed by atoms with Crippen LogP contribution in [0.15, 0.2) is 48.7 Å². The predicted molar refractivity (Wildman–Crippen MR) is 121 cm³/mol. The van der Waals surface area contributed by atoms with Gasteiger partial charge in [0.05, 0.1) is 11.2 Å². The Balaban J connectivity index is 1.84. The monoisotopic (exact) mass is 416 g/mol. The van der Waals surface area contributed by atoms with Crippen LogP contribution in [0.25, 0.3) is 28.5 Å². The number of rotatable bonds is 1. The molecule has 2 aliphatic heterocycles. The standard InChI is InChI=1S/C26H22F2N2O/c1-14-6-5-9-29-21(14)12-22-24-17(18-10-16(27)11-19(28)25(18)31-22)7-8-20-23(24)15(2)13-26(3,4)30-20/h5-13,30H,1-4H3. The van der Waals surface area contributed by atoms with E-state index in [-0.39, 0.29) is 11.3 Å². The van der Waals surface area contributed by atoms with Crippen molar-refractivity contribution in [3.05, 3.63) is 82.7 Å². The quantitative estimate of drug-likeness (QED) is 0.472. The minimum absolute atomic E-state index is 0.0272. The fourth-order valence-corrected chi connectivity index (χ4v) is 4.49. The van der Waals surface area contributed by atoms with Gasteiger partial charge in [0, 0.05) is 40.7 Å². The Hall–Kier alpha value is -3.47. The molecule has 0 atom stereocenters. The van der Waals surface area contributed by atoms with Gasteiger partial charge in [-0.05, 0) is 62.6 Å². The number of pyridine rings is 1. The molecular formula is C26H22F2N2O. The van der Waals surface area contributed by atoms with E-state index in [1.54, 1.807) is 6.20 Å². The molecule has 3 nitrogen and oxygen atoms in total. The molecule has 31 heavy (non-hydrogen) atoms. The zero-order valence-electron chi connectivity index (χ0n) is 17.8. The second-order valence-corrected chi connectivity index (χ2v) is 8.67. The number of nitrogens with zero attached hydrogens (tertiary/aromatic N) is 1. The molecule has 0 bridgehead atoms. The first-order valence-electron chi connectivity index (χ1n) is 10.2. The van der Waals surface area contributed by atoms with Gasteiger partial charge >= 0.3 is 0 Å². The van der Waals surface area contributed by atoms with Gasteiger partial charge in [0.1, 0.15) is 11.6 Å². The molecule has 0 aliphatic carbocycles. The SMILES string of the molecule is CC1=CC(C)(C)Nc2ccc3c(c21)C(=Cc1ncccc1C)Oc1c(F)cc(F)cc1-3. The second-order valence-electron chi connectivity index (χ2n) is 8.67. The molecular weight excluding hydrogens is 394 g/mol. The van der Waals surface area contributed by atoms with Gasteiger partial charge in [0.25, 0.3) is 0 Å². The van der Waals surface area contributed by atoms with Crippen molar-refractivity contribution in [2.24, 2.45) is 0 Å². The van der Waals surface area contributed by atoms with E-state index in [4.69, 9.17) is 4.74 Å². The van der Waals surface area contributed by atoms with Gasteiger partial charge in [-0.1, -0.05) is 18.2 Å². The number of aromatic nitrogens is 1. The van der Waals surface area contributed by atoms with Crippen molar-refractivity contribution in [1.82, 2.24) is 4.98 Å². The molecule has 0 fully saturated rings. The zero-order chi connectivity index (χ0) is 21.9. The van der Waals surface area contributed by atoms with Crippen LogP contribution in [0.1, 0.15) is 43.2 Å². The summed E-state index contributed by atoms with van der Waals surface area (Å²) in [4.78, 5) is 4.45. The Kier molecular flexibility index (Phi) is 4.26. The molecule has 2 aliphatic rings. The van der Waals surface area contributed by atoms with Crippen LogP contribution in [-0.2, 0) is 0 Å². The fourth-order valence-electron chi connectivity index (χ4n) is 4.49. The lowest BCUT2D eigenvalue weighted by Crippen LogP contribution is -2.32. The summed E-state index contributed by atoms with van der Waals surface area (Å²) in [6, 6.07) is 9.87. The number of hydrogen-bond donors (Lipinski definition) is 1. The van der Waals surface area contributed by atoms with E-state index < -0.39 is 11.6 Å². The number of anilines is 1. The molecule has 1 N–H and O–H groups in total. The molecule has 0 unspecified atom stereocenters. The molecule has 3 heterocycles. The number of halogens is 2. The van der Waals surface area contributed by atoms with Crippen molar-refractivity contribution < 1.29 is 13.5 Å². The third kappa shape index (κ3) is 3.21. The average molecular weight is 416 g/mol. The molecule has 5 heteroatoms. The summed E-state index contributed by atoms with van der Waals surface area (Å²) in [5.74, 6) is -0.850. The van der Waals surface area contributed by atoms with E-state index in [1.165, 1.54) is 6.07 Å². The van der Waals surface area contributed by atoms with E-state index >= 15 is 0 Å². The highest BCUT2D eigenvalue weighted by Crippen LogP contribution is 2.50. The molecule has 2 aromatic carbocycles. The van der Waals surface area contributed by atoms with Gasteiger partial charge in [0.15, 0.2) is 11.6 Å². The van der Waals surface area contributed by atoms with Gasteiger partial charge in [-0.15, -0.1) is 0 Å². The number of nitrogens with one attached hydrogen (secondary N) is 1. The highest BCUT2D eigenvalue weighted by Gasteiger charge is 2.32. The van der Waals surface area contributed by atoms with Crippen LogP contribution in [0.4, 0.5) is 14.5 Å². The van der Waals surface area contributed by atoms with Gasteiger partial charge < -0.3 is 10.1 Å². The number of fused-ring (bicyclic) bond motifs is 5. The van der Waals surface area contributed by atoms with Crippen LogP contribution in [-0.4, -0.2) is 10.5 Å². The maximum absolute atomic E-state index is 14.7. The smallest absolute Gasteiger partial charge is 0.171 e. The second kappa shape index (κ2) is 6.77. The molecule has 0 amide bonds. The number of allylic oxidation sites excluding steroid dienone is 1. The third-order valence-corrected chi connectivity index (χ3v) is 5.71. The predicted octanol–water partition coefficient (Wildman–Crippen LogP) is 6.83. The summed E-state index contributed by atoms with van der Waals surface area (Å²) in [6.07, 6.45) is 5.69. The van der Waals surface area contributed by atoms with Gasteiger partial charge in [0.2, 0.25) is 0 Å². The summed E-state index contributed by atoms with van der Waals surface area (Å²) in [6.45, 7) is 8.21. The van der Waals surface area contributed by atoms with E-state index in [9.17, 15) is 8.78 Å². The van der Waals surface area contributed by atoms with Crippen molar-refractivity contribution >= 4 is 23.1 Å². The number of hydrogen-bond acceptors (Lipinski definition) is 3. The van der Waals surface area contributed by atoms with E-state index in [0.29, 0.717) is 11.3 Å². The van der Waals surface area contributed by atoms with Gasteiger partial charge in [-0.3, -0.25) is 4.98 Å². The minimum Gasteiger partial charge on any atom is -0.453 e. The number of aryl methyl sites for hydroxylation is 1. The largest absolute Gasteiger partial charge is 0.453 e. The van der Waals surface area contributed by atoms with Gasteiger partial charge in [-0.25, -0.2) is 8.78 Å². The molecule has 156 valence electrons. The van der Waals surface area contributed by atoms with Crippen molar-refractivity contribution in [2.75, 3.05) is 5.32 Å². The lowest BCUT2D eigenvalue weighted by molar-refractivity contribution is 0.460. The Labute approximate surface area is 180 Å². The summed E-state index contributed by atoms with van der Waals surface area (Å²) in [5.41, 5.74) is 6.43. The van der Waals surface area contributed by atoms with Gasteiger partial charge in [-0.2, -0.15) is 0 Å². The van der Waals surface area contributed by atoms with Crippen LogP contribution in [0.5, 0.6) is 5.75 Å². The average Bonchev–Trinajstić information content (AvgIpc) is 2.69. The first kappa shape index (κ1) is 19.5. The highest BCUT2D eigenvalue weighted by atomic mass is 19.1. The van der Waals surface area contributed by atoms with E-state index in [0.717, 1.165) is 45.3 Å². The summed E-state index contributed by atoms with van der Waals surface area (Å²) in [5, 5.41) is 3.54. The van der Waals surface area contributed by atoms with Crippen LogP contribution >= 0.6 is 0 Å². The minimum atomic E-state index is -0.728. The van der Waals surface area contributed by atoms with E-state index in [1.807, 2.05) is 44.2 Å². The van der Waals surface area contributed by atoms with Crippen molar-refractivity contribution in [1.29, 1.82) is 0 Å². The number of benzene rings is 2. The third-order valence-electron chi connectivity index (χ3n) is 5.71. The first-order valence-corrected chi connectivity index (χ1v) is 10.2. The Morgan fingerprint density at radius 3 is 2.61 bits per heavy atom. The lowest BCUT2D eigenvalue weighted by atomic mass is 9.83. The molecule has 0 saturated heterocycles. The molecule has 1 aromatic heterocycles. The van der Waals surface area contributed by atoms with Crippen LogP contribution in [0.2, 0.25) is 0 Å². The molecule has 0 saturated carbocycles. The summed E-state index contributed by atoms with van der Waals surface area (Å²) >= 11 is 0. The van der Waals surface area contributed by atoms with Crippen molar-refractivity contribution in [3.63, 3.8) is 0 Å². The zero-order valence-corrected chi connectivity index (χ0v) is 17.8. The lowest BCUT2D eigenvalue weighted by Gasteiger charge is -2.35. The maximum Gasteiger partial charge on any atom is 0.171 e. The molecule has 5 rings (SSSR count).